The van der Waals surface area contributed by atoms with Crippen molar-refractivity contribution in [2.45, 2.75) is 50.5 Å². The Hall–Kier alpha value is -1.84. The van der Waals surface area contributed by atoms with Gasteiger partial charge in [-0.25, -0.2) is 0 Å². The zero-order chi connectivity index (χ0) is 16.0. The van der Waals surface area contributed by atoms with Crippen LogP contribution < -0.4 is 5.32 Å². The Kier molecular flexibility index (Phi) is 3.63. The summed E-state index contributed by atoms with van der Waals surface area (Å²) >= 11 is 0. The van der Waals surface area contributed by atoms with Crippen molar-refractivity contribution >= 4 is 11.9 Å². The van der Waals surface area contributed by atoms with Crippen LogP contribution in [0.3, 0.4) is 0 Å². The minimum Gasteiger partial charge on any atom is -0.481 e. The summed E-state index contributed by atoms with van der Waals surface area (Å²) in [4.78, 5) is 23.7. The highest BCUT2D eigenvalue weighted by atomic mass is 16.4. The van der Waals surface area contributed by atoms with Crippen LogP contribution in [0.5, 0.6) is 0 Å². The summed E-state index contributed by atoms with van der Waals surface area (Å²) in [6, 6.07) is 8.82. The number of hydrogen-bond acceptors (Lipinski definition) is 2. The fourth-order valence-corrected chi connectivity index (χ4v) is 4.70. The van der Waals surface area contributed by atoms with Gasteiger partial charge in [-0.3, -0.25) is 9.59 Å². The van der Waals surface area contributed by atoms with Gasteiger partial charge in [0.25, 0.3) is 0 Å². The van der Waals surface area contributed by atoms with E-state index in [1.165, 1.54) is 11.1 Å². The topological polar surface area (TPSA) is 66.4 Å². The van der Waals surface area contributed by atoms with Crippen LogP contribution >= 0.6 is 0 Å². The first-order valence-electron chi connectivity index (χ1n) is 8.76. The molecule has 0 heterocycles. The highest BCUT2D eigenvalue weighted by Gasteiger charge is 2.54. The molecule has 122 valence electrons. The number of amides is 1. The number of carboxylic acids is 1. The van der Waals surface area contributed by atoms with Crippen molar-refractivity contribution in [3.8, 4) is 0 Å². The minimum atomic E-state index is -0.753. The second-order valence-electron chi connectivity index (χ2n) is 7.36. The Balaban J connectivity index is 1.40. The first-order chi connectivity index (χ1) is 11.1. The van der Waals surface area contributed by atoms with Gasteiger partial charge in [0.2, 0.25) is 5.91 Å². The SMILES string of the molecule is O=C(O)C1CCCC(C(=O)NC2C3CCc4ccccc4C32)C1. The van der Waals surface area contributed by atoms with Gasteiger partial charge in [-0.1, -0.05) is 30.7 Å². The highest BCUT2D eigenvalue weighted by molar-refractivity contribution is 5.81. The van der Waals surface area contributed by atoms with Gasteiger partial charge in [0.15, 0.2) is 0 Å². The molecule has 2 N–H and O–H groups in total. The van der Waals surface area contributed by atoms with E-state index in [0.29, 0.717) is 24.7 Å². The lowest BCUT2D eigenvalue weighted by Crippen LogP contribution is -2.37. The molecule has 0 bridgehead atoms. The molecule has 3 aliphatic rings. The maximum absolute atomic E-state index is 12.6. The van der Waals surface area contributed by atoms with E-state index in [-0.39, 0.29) is 23.8 Å². The van der Waals surface area contributed by atoms with E-state index in [0.717, 1.165) is 25.7 Å². The van der Waals surface area contributed by atoms with Crippen molar-refractivity contribution in [2.24, 2.45) is 17.8 Å². The molecule has 0 aromatic heterocycles. The third-order valence-corrected chi connectivity index (χ3v) is 6.03. The summed E-state index contributed by atoms with van der Waals surface area (Å²) in [6.45, 7) is 0. The zero-order valence-electron chi connectivity index (χ0n) is 13.2. The molecule has 5 unspecified atom stereocenters. The predicted molar refractivity (Wildman–Crippen MR) is 86.0 cm³/mol. The number of benzene rings is 1. The van der Waals surface area contributed by atoms with Crippen LogP contribution in [-0.2, 0) is 16.0 Å². The maximum atomic E-state index is 12.6. The van der Waals surface area contributed by atoms with Crippen molar-refractivity contribution in [2.75, 3.05) is 0 Å². The molecular weight excluding hydrogens is 290 g/mol. The molecule has 0 aliphatic heterocycles. The van der Waals surface area contributed by atoms with Crippen molar-refractivity contribution in [1.29, 1.82) is 0 Å². The average molecular weight is 313 g/mol. The first kappa shape index (κ1) is 14.7. The summed E-state index contributed by atoms with van der Waals surface area (Å²) in [5.41, 5.74) is 2.83. The van der Waals surface area contributed by atoms with Crippen molar-refractivity contribution in [3.05, 3.63) is 35.4 Å². The highest BCUT2D eigenvalue weighted by Crippen LogP contribution is 2.54. The number of carboxylic acid groups (broad SMARTS) is 1. The van der Waals surface area contributed by atoms with Crippen LogP contribution in [0.15, 0.2) is 24.3 Å². The molecule has 5 atom stereocenters. The number of fused-ring (bicyclic) bond motifs is 3. The fourth-order valence-electron chi connectivity index (χ4n) is 4.70. The molecule has 1 aromatic carbocycles. The quantitative estimate of drug-likeness (QED) is 0.901. The monoisotopic (exact) mass is 313 g/mol. The molecule has 0 radical (unpaired) electrons. The number of carbonyl (C=O) groups excluding carboxylic acids is 1. The van der Waals surface area contributed by atoms with Gasteiger partial charge in [0.1, 0.15) is 0 Å². The Bertz CT molecular complexity index is 641. The third-order valence-electron chi connectivity index (χ3n) is 6.03. The average Bonchev–Trinajstić information content (AvgIpc) is 3.28. The summed E-state index contributed by atoms with van der Waals surface area (Å²) < 4.78 is 0. The van der Waals surface area contributed by atoms with Crippen LogP contribution in [0.2, 0.25) is 0 Å². The van der Waals surface area contributed by atoms with E-state index in [4.69, 9.17) is 0 Å². The fraction of sp³-hybridized carbons (Fsp3) is 0.579. The normalized spacial score (nSPS) is 34.9. The molecule has 1 amide bonds. The molecule has 4 nitrogen and oxygen atoms in total. The summed E-state index contributed by atoms with van der Waals surface area (Å²) in [5.74, 6) is -0.0933. The lowest BCUT2D eigenvalue weighted by molar-refractivity contribution is -0.144. The number of aryl methyl sites for hydroxylation is 1. The lowest BCUT2D eigenvalue weighted by atomic mass is 9.81. The van der Waals surface area contributed by atoms with E-state index in [1.807, 2.05) is 0 Å². The Morgan fingerprint density at radius 3 is 2.70 bits per heavy atom. The second kappa shape index (κ2) is 5.66. The van der Waals surface area contributed by atoms with E-state index in [2.05, 4.69) is 29.6 Å². The molecule has 4 heteroatoms. The predicted octanol–water partition coefficient (Wildman–Crippen LogP) is 2.72. The third kappa shape index (κ3) is 2.64. The summed E-state index contributed by atoms with van der Waals surface area (Å²) in [7, 11) is 0. The standard InChI is InChI=1S/C19H23NO3/c21-18(12-5-3-6-13(10-12)19(22)23)20-17-15-9-8-11-4-1-2-7-14(11)16(15)17/h1-2,4,7,12-13,15-17H,3,5-6,8-10H2,(H,20,21)(H,22,23). The van der Waals surface area contributed by atoms with E-state index in [9.17, 15) is 14.7 Å². The van der Waals surface area contributed by atoms with E-state index >= 15 is 0 Å². The van der Waals surface area contributed by atoms with Gasteiger partial charge in [-0.2, -0.15) is 0 Å². The maximum Gasteiger partial charge on any atom is 0.306 e. The van der Waals surface area contributed by atoms with Gasteiger partial charge in [-0.05, 0) is 49.1 Å². The molecule has 1 aromatic rings. The van der Waals surface area contributed by atoms with Gasteiger partial charge in [0, 0.05) is 17.9 Å². The largest absolute Gasteiger partial charge is 0.481 e. The molecule has 3 aliphatic carbocycles. The molecular formula is C19H23NO3. The number of aliphatic carboxylic acids is 1. The van der Waals surface area contributed by atoms with E-state index in [1.54, 1.807) is 0 Å². The zero-order valence-corrected chi connectivity index (χ0v) is 13.2. The van der Waals surface area contributed by atoms with Crippen molar-refractivity contribution < 1.29 is 14.7 Å². The van der Waals surface area contributed by atoms with Crippen LogP contribution in [0.4, 0.5) is 0 Å². The molecule has 0 saturated heterocycles. The van der Waals surface area contributed by atoms with Gasteiger partial charge in [-0.15, -0.1) is 0 Å². The van der Waals surface area contributed by atoms with Crippen LogP contribution in [0.1, 0.15) is 49.1 Å². The Morgan fingerprint density at radius 1 is 1.09 bits per heavy atom. The molecule has 4 rings (SSSR count). The Morgan fingerprint density at radius 2 is 1.87 bits per heavy atom. The second-order valence-corrected chi connectivity index (χ2v) is 7.36. The van der Waals surface area contributed by atoms with Gasteiger partial charge >= 0.3 is 5.97 Å². The van der Waals surface area contributed by atoms with Crippen LogP contribution in [-0.4, -0.2) is 23.0 Å². The Labute approximate surface area is 136 Å². The van der Waals surface area contributed by atoms with E-state index < -0.39 is 5.97 Å². The summed E-state index contributed by atoms with van der Waals surface area (Å²) in [5, 5.41) is 12.4. The number of hydrogen-bond donors (Lipinski definition) is 2. The summed E-state index contributed by atoms with van der Waals surface area (Å²) in [6.07, 6.45) is 5.13. The minimum absolute atomic E-state index is 0.0767. The lowest BCUT2D eigenvalue weighted by Gasteiger charge is -2.25. The molecule has 23 heavy (non-hydrogen) atoms. The van der Waals surface area contributed by atoms with Crippen molar-refractivity contribution in [1.82, 2.24) is 5.32 Å². The number of nitrogens with one attached hydrogen (secondary N) is 1. The smallest absolute Gasteiger partial charge is 0.306 e. The number of carbonyl (C=O) groups is 2. The van der Waals surface area contributed by atoms with Crippen LogP contribution in [0.25, 0.3) is 0 Å². The number of rotatable bonds is 3. The van der Waals surface area contributed by atoms with Crippen molar-refractivity contribution in [3.63, 3.8) is 0 Å². The molecule has 2 saturated carbocycles. The van der Waals surface area contributed by atoms with Crippen LogP contribution in [0, 0.1) is 17.8 Å². The van der Waals surface area contributed by atoms with Gasteiger partial charge in [0.05, 0.1) is 5.92 Å². The molecule has 0 spiro atoms. The van der Waals surface area contributed by atoms with Gasteiger partial charge < -0.3 is 10.4 Å². The first-order valence-corrected chi connectivity index (χ1v) is 8.76. The molecule has 2 fully saturated rings.